The molecule has 0 spiro atoms. The van der Waals surface area contributed by atoms with Crippen molar-refractivity contribution in [3.05, 3.63) is 24.3 Å². The summed E-state index contributed by atoms with van der Waals surface area (Å²) in [6.07, 6.45) is 0. The summed E-state index contributed by atoms with van der Waals surface area (Å²) in [5, 5.41) is 8.47. The number of rotatable bonds is 5. The second-order valence-corrected chi connectivity index (χ2v) is 2.99. The first-order chi connectivity index (χ1) is 6.72. The lowest BCUT2D eigenvalue weighted by Gasteiger charge is -2.03. The van der Waals surface area contributed by atoms with Crippen LogP contribution in [0.1, 0.15) is 0 Å². The van der Waals surface area contributed by atoms with Gasteiger partial charge in [0.15, 0.2) is 0 Å². The largest absolute Gasteiger partial charge is 0.491 e. The molecule has 0 saturated carbocycles. The standard InChI is InChI=1S/C8H10O5S/c9-5-6-12-7-1-3-8(4-2-7)13-14(10)11/h1-4,9,14H,5-6H2. The molecule has 0 aliphatic carbocycles. The van der Waals surface area contributed by atoms with Gasteiger partial charge in [0.25, 0.3) is 11.0 Å². The van der Waals surface area contributed by atoms with Gasteiger partial charge in [-0.05, 0) is 24.3 Å². The van der Waals surface area contributed by atoms with Crippen LogP contribution in [-0.4, -0.2) is 26.7 Å². The molecule has 6 heteroatoms. The number of aliphatic hydroxyl groups is 1. The summed E-state index contributed by atoms with van der Waals surface area (Å²) in [5.74, 6) is 0.782. The molecular formula is C8H10O5S. The van der Waals surface area contributed by atoms with Crippen LogP contribution in [0.25, 0.3) is 0 Å². The lowest BCUT2D eigenvalue weighted by atomic mass is 10.3. The molecule has 0 aliphatic rings. The van der Waals surface area contributed by atoms with Crippen LogP contribution >= 0.6 is 0 Å². The Labute approximate surface area is 83.0 Å². The van der Waals surface area contributed by atoms with Gasteiger partial charge in [-0.1, -0.05) is 0 Å². The highest BCUT2D eigenvalue weighted by atomic mass is 32.2. The van der Waals surface area contributed by atoms with Crippen LogP contribution in [0.3, 0.4) is 0 Å². The van der Waals surface area contributed by atoms with Crippen molar-refractivity contribution in [2.45, 2.75) is 0 Å². The van der Waals surface area contributed by atoms with Gasteiger partial charge in [-0.15, -0.1) is 0 Å². The molecule has 0 aliphatic heterocycles. The topological polar surface area (TPSA) is 72.8 Å². The van der Waals surface area contributed by atoms with Crippen LogP contribution in [0.2, 0.25) is 0 Å². The van der Waals surface area contributed by atoms with Crippen LogP contribution in [0.5, 0.6) is 11.5 Å². The molecule has 1 rings (SSSR count). The fourth-order valence-electron chi connectivity index (χ4n) is 0.846. The molecular weight excluding hydrogens is 208 g/mol. The van der Waals surface area contributed by atoms with Crippen molar-refractivity contribution in [2.24, 2.45) is 0 Å². The zero-order valence-electron chi connectivity index (χ0n) is 7.25. The Balaban J connectivity index is 2.59. The van der Waals surface area contributed by atoms with E-state index in [0.717, 1.165) is 0 Å². The van der Waals surface area contributed by atoms with E-state index in [9.17, 15) is 8.42 Å². The second-order valence-electron chi connectivity index (χ2n) is 2.36. The number of thiol groups is 1. The maximum atomic E-state index is 10.2. The van der Waals surface area contributed by atoms with E-state index < -0.39 is 11.0 Å². The van der Waals surface area contributed by atoms with Gasteiger partial charge >= 0.3 is 0 Å². The molecule has 0 atom stereocenters. The maximum Gasteiger partial charge on any atom is 0.299 e. The van der Waals surface area contributed by atoms with Crippen molar-refractivity contribution < 1.29 is 22.4 Å². The molecule has 0 amide bonds. The molecule has 0 bridgehead atoms. The molecule has 0 unspecified atom stereocenters. The fraction of sp³-hybridized carbons (Fsp3) is 0.250. The number of ether oxygens (including phenoxy) is 1. The van der Waals surface area contributed by atoms with Gasteiger partial charge in [0, 0.05) is 0 Å². The smallest absolute Gasteiger partial charge is 0.299 e. The molecule has 14 heavy (non-hydrogen) atoms. The first kappa shape index (κ1) is 10.8. The normalized spacial score (nSPS) is 10.1. The van der Waals surface area contributed by atoms with E-state index in [1.165, 1.54) is 12.1 Å². The van der Waals surface area contributed by atoms with Crippen molar-refractivity contribution in [1.82, 2.24) is 0 Å². The highest BCUT2D eigenvalue weighted by molar-refractivity contribution is 7.67. The van der Waals surface area contributed by atoms with Gasteiger partial charge in [-0.2, -0.15) is 8.42 Å². The SMILES string of the molecule is O=[SH](=O)Oc1ccc(OCCO)cc1. The van der Waals surface area contributed by atoms with Crippen molar-refractivity contribution in [2.75, 3.05) is 13.2 Å². The molecule has 0 radical (unpaired) electrons. The average molecular weight is 218 g/mol. The van der Waals surface area contributed by atoms with Gasteiger partial charge in [0.2, 0.25) is 0 Å². The summed E-state index contributed by atoms with van der Waals surface area (Å²) in [6.45, 7) is 0.140. The van der Waals surface area contributed by atoms with Crippen molar-refractivity contribution in [3.63, 3.8) is 0 Å². The Bertz CT molecular complexity index is 335. The van der Waals surface area contributed by atoms with Crippen molar-refractivity contribution >= 4 is 11.0 Å². The lowest BCUT2D eigenvalue weighted by molar-refractivity contribution is 0.201. The highest BCUT2D eigenvalue weighted by Crippen LogP contribution is 2.17. The minimum atomic E-state index is -2.88. The quantitative estimate of drug-likeness (QED) is 0.679. The number of benzene rings is 1. The maximum absolute atomic E-state index is 10.2. The van der Waals surface area contributed by atoms with E-state index in [0.29, 0.717) is 5.75 Å². The van der Waals surface area contributed by atoms with Gasteiger partial charge in [-0.25, -0.2) is 0 Å². The molecule has 0 saturated heterocycles. The third-order valence-electron chi connectivity index (χ3n) is 1.36. The lowest BCUT2D eigenvalue weighted by Crippen LogP contribution is -2.01. The molecule has 0 aromatic heterocycles. The predicted octanol–water partition coefficient (Wildman–Crippen LogP) is -0.0371. The number of hydrogen-bond acceptors (Lipinski definition) is 5. The van der Waals surface area contributed by atoms with Crippen LogP contribution < -0.4 is 8.92 Å². The molecule has 0 heterocycles. The average Bonchev–Trinajstić information content (AvgIpc) is 2.16. The molecule has 0 fully saturated rings. The van der Waals surface area contributed by atoms with Crippen molar-refractivity contribution in [1.29, 1.82) is 0 Å². The Morgan fingerprint density at radius 3 is 2.21 bits per heavy atom. The van der Waals surface area contributed by atoms with Crippen LogP contribution in [0, 0.1) is 0 Å². The minimum absolute atomic E-state index is 0.0648. The van der Waals surface area contributed by atoms with Crippen LogP contribution in [-0.2, 0) is 11.0 Å². The Kier molecular flexibility index (Phi) is 4.21. The minimum Gasteiger partial charge on any atom is -0.491 e. The molecule has 78 valence electrons. The summed E-state index contributed by atoms with van der Waals surface area (Å²) in [6, 6.07) is 6.06. The fourth-order valence-corrected chi connectivity index (χ4v) is 1.14. The van der Waals surface area contributed by atoms with E-state index in [-0.39, 0.29) is 19.0 Å². The van der Waals surface area contributed by atoms with Gasteiger partial charge < -0.3 is 14.0 Å². The van der Waals surface area contributed by atoms with Gasteiger partial charge in [-0.3, -0.25) is 0 Å². The zero-order valence-corrected chi connectivity index (χ0v) is 8.15. The number of hydrogen-bond donors (Lipinski definition) is 2. The van der Waals surface area contributed by atoms with E-state index in [1.54, 1.807) is 12.1 Å². The van der Waals surface area contributed by atoms with E-state index in [2.05, 4.69) is 4.18 Å². The van der Waals surface area contributed by atoms with Gasteiger partial charge in [0.05, 0.1) is 6.61 Å². The van der Waals surface area contributed by atoms with Gasteiger partial charge in [0.1, 0.15) is 18.1 Å². The Morgan fingerprint density at radius 2 is 1.71 bits per heavy atom. The van der Waals surface area contributed by atoms with Crippen molar-refractivity contribution in [3.8, 4) is 11.5 Å². The molecule has 1 N–H and O–H groups in total. The van der Waals surface area contributed by atoms with Crippen LogP contribution in [0.15, 0.2) is 24.3 Å². The summed E-state index contributed by atoms with van der Waals surface area (Å²) in [5.41, 5.74) is 0. The van der Waals surface area contributed by atoms with E-state index in [1.807, 2.05) is 0 Å². The third-order valence-corrected chi connectivity index (χ3v) is 1.72. The van der Waals surface area contributed by atoms with Crippen LogP contribution in [0.4, 0.5) is 0 Å². The highest BCUT2D eigenvalue weighted by Gasteiger charge is 1.96. The monoisotopic (exact) mass is 218 g/mol. The summed E-state index contributed by atoms with van der Waals surface area (Å²) < 4.78 is 29.8. The third kappa shape index (κ3) is 3.63. The Hall–Kier alpha value is -1.27. The number of aliphatic hydroxyl groups excluding tert-OH is 1. The Morgan fingerprint density at radius 1 is 1.14 bits per heavy atom. The summed E-state index contributed by atoms with van der Waals surface area (Å²) >= 11 is 0. The first-order valence-electron chi connectivity index (χ1n) is 3.88. The zero-order chi connectivity index (χ0) is 10.4. The predicted molar refractivity (Wildman–Crippen MR) is 50.0 cm³/mol. The molecule has 1 aromatic rings. The molecule has 1 aromatic carbocycles. The van der Waals surface area contributed by atoms with E-state index >= 15 is 0 Å². The summed E-state index contributed by atoms with van der Waals surface area (Å²) in [4.78, 5) is 0. The second kappa shape index (κ2) is 5.46. The van der Waals surface area contributed by atoms with E-state index in [4.69, 9.17) is 9.84 Å². The first-order valence-corrected chi connectivity index (χ1v) is 4.98. The molecule has 5 nitrogen and oxygen atoms in total. The summed E-state index contributed by atoms with van der Waals surface area (Å²) in [7, 11) is -2.88.